The van der Waals surface area contributed by atoms with Crippen molar-refractivity contribution in [1.29, 1.82) is 0 Å². The zero-order valence-corrected chi connectivity index (χ0v) is 11.6. The van der Waals surface area contributed by atoms with E-state index in [0.717, 1.165) is 13.0 Å². The van der Waals surface area contributed by atoms with Crippen molar-refractivity contribution in [1.82, 2.24) is 9.80 Å². The van der Waals surface area contributed by atoms with Crippen LogP contribution in [-0.2, 0) is 13.0 Å². The maximum atomic E-state index is 5.78. The average molecular weight is 247 g/mol. The highest BCUT2D eigenvalue weighted by Gasteiger charge is 2.20. The first-order valence-corrected chi connectivity index (χ1v) is 6.90. The van der Waals surface area contributed by atoms with Gasteiger partial charge in [-0.05, 0) is 31.5 Å². The largest absolute Gasteiger partial charge is 0.326 e. The van der Waals surface area contributed by atoms with Crippen molar-refractivity contribution in [3.8, 4) is 0 Å². The third-order valence-electron chi connectivity index (χ3n) is 4.08. The molecule has 100 valence electrons. The van der Waals surface area contributed by atoms with Crippen LogP contribution in [0.3, 0.4) is 0 Å². The van der Waals surface area contributed by atoms with Crippen molar-refractivity contribution in [3.05, 3.63) is 35.4 Å². The monoisotopic (exact) mass is 247 g/mol. The highest BCUT2D eigenvalue weighted by atomic mass is 15.3. The lowest BCUT2D eigenvalue weighted by Crippen LogP contribution is -2.50. The Balaban J connectivity index is 1.88. The Labute approximate surface area is 111 Å². The maximum absolute atomic E-state index is 5.78. The first kappa shape index (κ1) is 13.5. The molecule has 1 aliphatic rings. The Bertz CT molecular complexity index is 378. The molecule has 2 rings (SSSR count). The van der Waals surface area contributed by atoms with Gasteiger partial charge in [-0.2, -0.15) is 0 Å². The number of piperazine rings is 1. The van der Waals surface area contributed by atoms with E-state index in [4.69, 9.17) is 5.73 Å². The second-order valence-corrected chi connectivity index (χ2v) is 5.35. The molecule has 18 heavy (non-hydrogen) atoms. The molecule has 1 heterocycles. The van der Waals surface area contributed by atoms with Gasteiger partial charge < -0.3 is 15.5 Å². The van der Waals surface area contributed by atoms with Gasteiger partial charge in [0.25, 0.3) is 0 Å². The van der Waals surface area contributed by atoms with Crippen LogP contribution in [0.1, 0.15) is 18.1 Å². The van der Waals surface area contributed by atoms with Crippen LogP contribution >= 0.6 is 0 Å². The lowest BCUT2D eigenvalue weighted by molar-refractivity contribution is 0.106. The van der Waals surface area contributed by atoms with Crippen molar-refractivity contribution >= 4 is 0 Å². The first-order valence-electron chi connectivity index (χ1n) is 6.90. The van der Waals surface area contributed by atoms with Crippen LogP contribution in [0.2, 0.25) is 0 Å². The molecule has 2 N–H and O–H groups in total. The highest BCUT2D eigenvalue weighted by molar-refractivity contribution is 5.27. The Morgan fingerprint density at radius 2 is 1.94 bits per heavy atom. The second-order valence-electron chi connectivity index (χ2n) is 5.35. The van der Waals surface area contributed by atoms with Gasteiger partial charge in [0.15, 0.2) is 0 Å². The second kappa shape index (κ2) is 6.32. The van der Waals surface area contributed by atoms with Crippen LogP contribution in [-0.4, -0.2) is 49.1 Å². The minimum absolute atomic E-state index is 0.648. The predicted octanol–water partition coefficient (Wildman–Crippen LogP) is 1.32. The number of likely N-dealkylation sites (N-methyl/N-ethyl adjacent to an activating group) is 1. The Kier molecular flexibility index (Phi) is 4.75. The molecular formula is C15H25N3. The molecule has 0 aliphatic carbocycles. The SMILES string of the molecule is CC1CN(CCc2ccccc2CN)CCN1C. The van der Waals surface area contributed by atoms with Gasteiger partial charge >= 0.3 is 0 Å². The summed E-state index contributed by atoms with van der Waals surface area (Å²) in [6, 6.07) is 9.21. The van der Waals surface area contributed by atoms with Gasteiger partial charge in [0.1, 0.15) is 0 Å². The Morgan fingerprint density at radius 3 is 2.61 bits per heavy atom. The third-order valence-corrected chi connectivity index (χ3v) is 4.08. The summed E-state index contributed by atoms with van der Waals surface area (Å²) in [5, 5.41) is 0. The first-order chi connectivity index (χ1) is 8.70. The molecule has 0 bridgehead atoms. The van der Waals surface area contributed by atoms with Crippen LogP contribution < -0.4 is 5.73 Å². The molecule has 3 heteroatoms. The van der Waals surface area contributed by atoms with Crippen LogP contribution in [0.25, 0.3) is 0 Å². The van der Waals surface area contributed by atoms with E-state index in [1.54, 1.807) is 0 Å². The molecule has 3 nitrogen and oxygen atoms in total. The lowest BCUT2D eigenvalue weighted by atomic mass is 10.0. The molecule has 0 radical (unpaired) electrons. The van der Waals surface area contributed by atoms with Crippen LogP contribution in [0, 0.1) is 0 Å². The summed E-state index contributed by atoms with van der Waals surface area (Å²) in [6.07, 6.45) is 1.11. The quantitative estimate of drug-likeness (QED) is 0.871. The predicted molar refractivity (Wildman–Crippen MR) is 76.6 cm³/mol. The fourth-order valence-corrected chi connectivity index (χ4v) is 2.61. The number of hydrogen-bond acceptors (Lipinski definition) is 3. The van der Waals surface area contributed by atoms with Gasteiger partial charge in [-0.15, -0.1) is 0 Å². The van der Waals surface area contributed by atoms with Crippen molar-refractivity contribution in [2.75, 3.05) is 33.2 Å². The van der Waals surface area contributed by atoms with Gasteiger partial charge in [0.05, 0.1) is 0 Å². The summed E-state index contributed by atoms with van der Waals surface area (Å²) >= 11 is 0. The van der Waals surface area contributed by atoms with Crippen molar-refractivity contribution in [2.45, 2.75) is 25.9 Å². The van der Waals surface area contributed by atoms with Crippen LogP contribution in [0.15, 0.2) is 24.3 Å². The van der Waals surface area contributed by atoms with E-state index in [1.807, 2.05) is 0 Å². The lowest BCUT2D eigenvalue weighted by Gasteiger charge is -2.37. The van der Waals surface area contributed by atoms with E-state index in [2.05, 4.69) is 48.0 Å². The molecular weight excluding hydrogens is 222 g/mol. The van der Waals surface area contributed by atoms with E-state index in [9.17, 15) is 0 Å². The molecule has 0 spiro atoms. The minimum Gasteiger partial charge on any atom is -0.326 e. The average Bonchev–Trinajstić information content (AvgIpc) is 2.40. The summed E-state index contributed by atoms with van der Waals surface area (Å²) in [7, 11) is 2.21. The summed E-state index contributed by atoms with van der Waals surface area (Å²) < 4.78 is 0. The topological polar surface area (TPSA) is 32.5 Å². The smallest absolute Gasteiger partial charge is 0.0192 e. The van der Waals surface area contributed by atoms with Gasteiger partial charge in [0.2, 0.25) is 0 Å². The third kappa shape index (κ3) is 3.31. The summed E-state index contributed by atoms with van der Waals surface area (Å²) in [5.41, 5.74) is 8.48. The zero-order valence-electron chi connectivity index (χ0n) is 11.6. The molecule has 0 aromatic heterocycles. The van der Waals surface area contributed by atoms with Gasteiger partial charge in [0, 0.05) is 38.8 Å². The molecule has 1 aromatic carbocycles. The molecule has 1 atom stereocenters. The van der Waals surface area contributed by atoms with Crippen LogP contribution in [0.4, 0.5) is 0 Å². The number of hydrogen-bond donors (Lipinski definition) is 1. The fraction of sp³-hybridized carbons (Fsp3) is 0.600. The number of benzene rings is 1. The highest BCUT2D eigenvalue weighted by Crippen LogP contribution is 2.12. The minimum atomic E-state index is 0.648. The van der Waals surface area contributed by atoms with E-state index >= 15 is 0 Å². The normalized spacial score (nSPS) is 22.3. The van der Waals surface area contributed by atoms with E-state index in [0.29, 0.717) is 12.6 Å². The Morgan fingerprint density at radius 1 is 1.22 bits per heavy atom. The van der Waals surface area contributed by atoms with Crippen molar-refractivity contribution < 1.29 is 0 Å². The number of nitrogens with two attached hydrogens (primary N) is 1. The van der Waals surface area contributed by atoms with Gasteiger partial charge in [-0.3, -0.25) is 0 Å². The zero-order chi connectivity index (χ0) is 13.0. The fourth-order valence-electron chi connectivity index (χ4n) is 2.61. The number of rotatable bonds is 4. The summed E-state index contributed by atoms with van der Waals surface area (Å²) in [4.78, 5) is 5.00. The molecule has 0 amide bonds. The van der Waals surface area contributed by atoms with E-state index < -0.39 is 0 Å². The van der Waals surface area contributed by atoms with Crippen LogP contribution in [0.5, 0.6) is 0 Å². The van der Waals surface area contributed by atoms with Gasteiger partial charge in [-0.1, -0.05) is 24.3 Å². The molecule has 0 saturated carbocycles. The van der Waals surface area contributed by atoms with Crippen molar-refractivity contribution in [3.63, 3.8) is 0 Å². The van der Waals surface area contributed by atoms with E-state index in [1.165, 1.54) is 30.8 Å². The van der Waals surface area contributed by atoms with E-state index in [-0.39, 0.29) is 0 Å². The Hall–Kier alpha value is -0.900. The molecule has 1 aromatic rings. The molecule has 1 fully saturated rings. The molecule has 1 saturated heterocycles. The molecule has 1 unspecified atom stereocenters. The molecule has 1 aliphatic heterocycles. The number of nitrogens with zero attached hydrogens (tertiary/aromatic N) is 2. The maximum Gasteiger partial charge on any atom is 0.0192 e. The van der Waals surface area contributed by atoms with Crippen molar-refractivity contribution in [2.24, 2.45) is 5.73 Å². The summed E-state index contributed by atoms with van der Waals surface area (Å²) in [5.74, 6) is 0. The van der Waals surface area contributed by atoms with Gasteiger partial charge in [-0.25, -0.2) is 0 Å². The summed E-state index contributed by atoms with van der Waals surface area (Å²) in [6.45, 7) is 7.65. The standard InChI is InChI=1S/C15H25N3/c1-13-12-18(10-9-17(13)2)8-7-14-5-3-4-6-15(14)11-16/h3-6,13H,7-12,16H2,1-2H3.